The van der Waals surface area contributed by atoms with Gasteiger partial charge in [0.2, 0.25) is 5.91 Å². The van der Waals surface area contributed by atoms with Gasteiger partial charge in [-0.1, -0.05) is 36.4 Å². The Hall–Kier alpha value is -2.87. The molecule has 2 aliphatic heterocycles. The molecule has 0 unspecified atom stereocenters. The van der Waals surface area contributed by atoms with Crippen LogP contribution in [0.4, 0.5) is 5.69 Å². The highest BCUT2D eigenvalue weighted by Gasteiger charge is 2.34. The second-order valence-corrected chi connectivity index (χ2v) is 10.2. The maximum absolute atomic E-state index is 13.1. The summed E-state index contributed by atoms with van der Waals surface area (Å²) < 4.78 is 29.7. The first-order valence-corrected chi connectivity index (χ1v) is 12.3. The SMILES string of the molecule is O=C1CCCN1c1cccc(OCC(=O)N(Cc2ccccc2)[C@@H]2CCS(=O)(=O)C2)c1. The molecule has 0 radical (unpaired) electrons. The molecule has 2 heterocycles. The van der Waals surface area contributed by atoms with E-state index in [-0.39, 0.29) is 36.0 Å². The van der Waals surface area contributed by atoms with Crippen molar-refractivity contribution in [1.29, 1.82) is 0 Å². The number of amides is 2. The summed E-state index contributed by atoms with van der Waals surface area (Å²) in [6, 6.07) is 16.3. The van der Waals surface area contributed by atoms with Crippen LogP contribution in [0.3, 0.4) is 0 Å². The van der Waals surface area contributed by atoms with Crippen molar-refractivity contribution in [3.05, 3.63) is 60.2 Å². The third kappa shape index (κ3) is 5.25. The van der Waals surface area contributed by atoms with Gasteiger partial charge in [-0.25, -0.2) is 8.42 Å². The Kier molecular flexibility index (Phi) is 6.27. The molecule has 7 nitrogen and oxygen atoms in total. The number of sulfone groups is 1. The van der Waals surface area contributed by atoms with Crippen molar-refractivity contribution in [2.75, 3.05) is 29.6 Å². The summed E-state index contributed by atoms with van der Waals surface area (Å²) >= 11 is 0. The van der Waals surface area contributed by atoms with Gasteiger partial charge in [-0.3, -0.25) is 9.59 Å². The average Bonchev–Trinajstić information content (AvgIpc) is 3.36. The van der Waals surface area contributed by atoms with Crippen LogP contribution >= 0.6 is 0 Å². The van der Waals surface area contributed by atoms with E-state index in [4.69, 9.17) is 4.74 Å². The Labute approximate surface area is 182 Å². The third-order valence-electron chi connectivity index (χ3n) is 5.73. The van der Waals surface area contributed by atoms with E-state index in [0.29, 0.717) is 31.7 Å². The highest BCUT2D eigenvalue weighted by Crippen LogP contribution is 2.26. The molecule has 0 N–H and O–H groups in total. The molecular formula is C23H26N2O5S. The van der Waals surface area contributed by atoms with Gasteiger partial charge < -0.3 is 14.5 Å². The third-order valence-corrected chi connectivity index (χ3v) is 7.48. The lowest BCUT2D eigenvalue weighted by Gasteiger charge is -2.28. The van der Waals surface area contributed by atoms with Gasteiger partial charge in [0.25, 0.3) is 5.91 Å². The van der Waals surface area contributed by atoms with Crippen LogP contribution in [0.25, 0.3) is 0 Å². The highest BCUT2D eigenvalue weighted by molar-refractivity contribution is 7.91. The average molecular weight is 443 g/mol. The Morgan fingerprint density at radius 1 is 1.13 bits per heavy atom. The van der Waals surface area contributed by atoms with Gasteiger partial charge >= 0.3 is 0 Å². The first kappa shape index (κ1) is 21.4. The van der Waals surface area contributed by atoms with Crippen LogP contribution in [0.1, 0.15) is 24.8 Å². The van der Waals surface area contributed by atoms with E-state index in [1.807, 2.05) is 36.4 Å². The molecule has 164 valence electrons. The molecule has 2 aliphatic rings. The summed E-state index contributed by atoms with van der Waals surface area (Å²) in [6.07, 6.45) is 1.82. The Balaban J connectivity index is 1.45. The van der Waals surface area contributed by atoms with Gasteiger partial charge in [0.1, 0.15) is 5.75 Å². The van der Waals surface area contributed by atoms with Crippen molar-refractivity contribution in [3.63, 3.8) is 0 Å². The second-order valence-electron chi connectivity index (χ2n) is 8.00. The van der Waals surface area contributed by atoms with E-state index >= 15 is 0 Å². The highest BCUT2D eigenvalue weighted by atomic mass is 32.2. The van der Waals surface area contributed by atoms with Crippen LogP contribution in [0, 0.1) is 0 Å². The normalized spacial score (nSPS) is 20.1. The van der Waals surface area contributed by atoms with Gasteiger partial charge in [0.15, 0.2) is 16.4 Å². The summed E-state index contributed by atoms with van der Waals surface area (Å²) in [5.41, 5.74) is 1.70. The molecule has 2 aromatic carbocycles. The fourth-order valence-corrected chi connectivity index (χ4v) is 5.84. The predicted molar refractivity (Wildman–Crippen MR) is 118 cm³/mol. The summed E-state index contributed by atoms with van der Waals surface area (Å²) in [7, 11) is -3.13. The number of benzene rings is 2. The van der Waals surface area contributed by atoms with Crippen LogP contribution in [0.15, 0.2) is 54.6 Å². The van der Waals surface area contributed by atoms with E-state index in [1.165, 1.54) is 0 Å². The topological polar surface area (TPSA) is 84.0 Å². The molecule has 0 saturated carbocycles. The number of nitrogens with zero attached hydrogens (tertiary/aromatic N) is 2. The molecule has 2 saturated heterocycles. The lowest BCUT2D eigenvalue weighted by Crippen LogP contribution is -2.43. The molecule has 1 atom stereocenters. The van der Waals surface area contributed by atoms with Crippen LogP contribution < -0.4 is 9.64 Å². The molecule has 0 spiro atoms. The van der Waals surface area contributed by atoms with Gasteiger partial charge in [-0.2, -0.15) is 0 Å². The molecule has 2 fully saturated rings. The van der Waals surface area contributed by atoms with Crippen LogP contribution in [0.2, 0.25) is 0 Å². The van der Waals surface area contributed by atoms with Crippen molar-refractivity contribution in [2.45, 2.75) is 31.8 Å². The largest absolute Gasteiger partial charge is 0.484 e. The Morgan fingerprint density at radius 3 is 2.61 bits per heavy atom. The Morgan fingerprint density at radius 2 is 1.94 bits per heavy atom. The minimum absolute atomic E-state index is 0.0157. The van der Waals surface area contributed by atoms with E-state index in [1.54, 1.807) is 28.0 Å². The van der Waals surface area contributed by atoms with Crippen LogP contribution in [0.5, 0.6) is 5.75 Å². The quantitative estimate of drug-likeness (QED) is 0.658. The molecular weight excluding hydrogens is 416 g/mol. The van der Waals surface area contributed by atoms with E-state index in [2.05, 4.69) is 0 Å². The summed E-state index contributed by atoms with van der Waals surface area (Å²) in [4.78, 5) is 28.4. The fourth-order valence-electron chi connectivity index (χ4n) is 4.11. The standard InChI is InChI=1S/C23H26N2O5S/c26-22-10-5-12-24(22)19-8-4-9-21(14-19)30-16-23(27)25(15-18-6-2-1-3-7-18)20-11-13-31(28,29)17-20/h1-4,6-9,14,20H,5,10-13,15-17H2/t20-/m1/s1. The van der Waals surface area contributed by atoms with Gasteiger partial charge in [0, 0.05) is 37.3 Å². The minimum atomic E-state index is -3.13. The van der Waals surface area contributed by atoms with E-state index in [0.717, 1.165) is 17.7 Å². The van der Waals surface area contributed by atoms with Crippen LogP contribution in [-0.2, 0) is 26.0 Å². The predicted octanol–water partition coefficient (Wildman–Crippen LogP) is 2.41. The summed E-state index contributed by atoms with van der Waals surface area (Å²) in [5, 5.41) is 0. The lowest BCUT2D eigenvalue weighted by molar-refractivity contribution is -0.136. The molecule has 2 amide bonds. The lowest BCUT2D eigenvalue weighted by atomic mass is 10.1. The molecule has 0 aliphatic carbocycles. The maximum Gasteiger partial charge on any atom is 0.261 e. The van der Waals surface area contributed by atoms with Crippen molar-refractivity contribution in [3.8, 4) is 5.75 Å². The van der Waals surface area contributed by atoms with Gasteiger partial charge in [-0.15, -0.1) is 0 Å². The number of hydrogen-bond donors (Lipinski definition) is 0. The first-order chi connectivity index (χ1) is 14.9. The fraction of sp³-hybridized carbons (Fsp3) is 0.391. The molecule has 2 aromatic rings. The zero-order valence-corrected chi connectivity index (χ0v) is 18.1. The summed E-state index contributed by atoms with van der Waals surface area (Å²) in [5.74, 6) is 0.420. The van der Waals surface area contributed by atoms with Crippen LogP contribution in [-0.4, -0.2) is 55.8 Å². The number of carbonyl (C=O) groups is 2. The molecule has 0 aromatic heterocycles. The Bertz CT molecular complexity index is 1050. The zero-order valence-electron chi connectivity index (χ0n) is 17.3. The van der Waals surface area contributed by atoms with Crippen molar-refractivity contribution >= 4 is 27.3 Å². The van der Waals surface area contributed by atoms with Gasteiger partial charge in [-0.05, 0) is 30.5 Å². The molecule has 4 rings (SSSR count). The maximum atomic E-state index is 13.1. The van der Waals surface area contributed by atoms with Crippen molar-refractivity contribution in [1.82, 2.24) is 4.90 Å². The van der Waals surface area contributed by atoms with Crippen molar-refractivity contribution in [2.24, 2.45) is 0 Å². The van der Waals surface area contributed by atoms with E-state index in [9.17, 15) is 18.0 Å². The molecule has 31 heavy (non-hydrogen) atoms. The number of carbonyl (C=O) groups excluding carboxylic acids is 2. The number of rotatable bonds is 7. The number of hydrogen-bond acceptors (Lipinski definition) is 5. The smallest absolute Gasteiger partial charge is 0.261 e. The molecule has 0 bridgehead atoms. The monoisotopic (exact) mass is 442 g/mol. The minimum Gasteiger partial charge on any atom is -0.484 e. The summed E-state index contributed by atoms with van der Waals surface area (Å²) in [6.45, 7) is 0.828. The zero-order chi connectivity index (χ0) is 21.8. The second kappa shape index (κ2) is 9.09. The molecule has 8 heteroatoms. The number of ether oxygens (including phenoxy) is 1. The number of anilines is 1. The first-order valence-electron chi connectivity index (χ1n) is 10.5. The van der Waals surface area contributed by atoms with Crippen molar-refractivity contribution < 1.29 is 22.7 Å². The van der Waals surface area contributed by atoms with Gasteiger partial charge in [0.05, 0.1) is 11.5 Å². The van der Waals surface area contributed by atoms with E-state index < -0.39 is 9.84 Å².